The van der Waals surface area contributed by atoms with E-state index in [1.165, 1.54) is 0 Å². The van der Waals surface area contributed by atoms with E-state index < -0.39 is 0 Å². The lowest BCUT2D eigenvalue weighted by atomic mass is 10.0. The van der Waals surface area contributed by atoms with Crippen molar-refractivity contribution in [3.63, 3.8) is 0 Å². The van der Waals surface area contributed by atoms with E-state index in [-0.39, 0.29) is 5.78 Å². The Labute approximate surface area is 126 Å². The van der Waals surface area contributed by atoms with E-state index in [0.29, 0.717) is 13.0 Å². The van der Waals surface area contributed by atoms with E-state index in [1.807, 2.05) is 43.3 Å². The van der Waals surface area contributed by atoms with Crippen molar-refractivity contribution in [3.8, 4) is 16.9 Å². The van der Waals surface area contributed by atoms with E-state index in [4.69, 9.17) is 4.74 Å². The van der Waals surface area contributed by atoms with Gasteiger partial charge in [-0.05, 0) is 24.1 Å². The minimum atomic E-state index is 0.148. The van der Waals surface area contributed by atoms with E-state index in [2.05, 4.69) is 19.1 Å². The van der Waals surface area contributed by atoms with Gasteiger partial charge in [-0.15, -0.1) is 0 Å². The summed E-state index contributed by atoms with van der Waals surface area (Å²) in [6.45, 7) is 4.70. The van der Waals surface area contributed by atoms with Gasteiger partial charge in [-0.3, -0.25) is 4.79 Å². The predicted octanol–water partition coefficient (Wildman–Crippen LogP) is 5.13. The number of ketones is 1. The molecule has 0 aliphatic rings. The van der Waals surface area contributed by atoms with Gasteiger partial charge in [0, 0.05) is 17.5 Å². The normalized spacial score (nSPS) is 10.4. The molecule has 0 bridgehead atoms. The second-order valence-corrected chi connectivity index (χ2v) is 5.06. The third-order valence-electron chi connectivity index (χ3n) is 3.46. The molecule has 0 heterocycles. The summed E-state index contributed by atoms with van der Waals surface area (Å²) in [4.78, 5) is 11.9. The van der Waals surface area contributed by atoms with Crippen LogP contribution in [-0.2, 0) is 0 Å². The zero-order valence-electron chi connectivity index (χ0n) is 12.8. The van der Waals surface area contributed by atoms with Crippen molar-refractivity contribution in [2.75, 3.05) is 6.61 Å². The molecule has 0 saturated carbocycles. The van der Waals surface area contributed by atoms with Gasteiger partial charge in [-0.1, -0.05) is 56.7 Å². The molecule has 0 aliphatic heterocycles. The zero-order valence-corrected chi connectivity index (χ0v) is 12.8. The summed E-state index contributed by atoms with van der Waals surface area (Å²) in [5.74, 6) is 0.948. The van der Waals surface area contributed by atoms with Gasteiger partial charge >= 0.3 is 0 Å². The van der Waals surface area contributed by atoms with E-state index in [9.17, 15) is 4.79 Å². The number of Topliss-reactive ketones (excluding diaryl/α,β-unsaturated/α-hetero) is 1. The highest BCUT2D eigenvalue weighted by Crippen LogP contribution is 2.31. The number of hydrogen-bond acceptors (Lipinski definition) is 2. The van der Waals surface area contributed by atoms with Crippen molar-refractivity contribution in [1.29, 1.82) is 0 Å². The second kappa shape index (κ2) is 7.63. The maximum absolute atomic E-state index is 11.9. The predicted molar refractivity (Wildman–Crippen MR) is 86.9 cm³/mol. The standard InChI is InChI=1S/C19H22O2/c1-3-5-13-21-19-14-16(18(20)4-2)11-12-17(19)15-9-7-6-8-10-15/h6-12,14H,3-5,13H2,1-2H3. The Morgan fingerprint density at radius 3 is 2.48 bits per heavy atom. The number of carbonyl (C=O) groups excluding carboxylic acids is 1. The Balaban J connectivity index is 2.36. The lowest BCUT2D eigenvalue weighted by Crippen LogP contribution is -2.02. The molecular formula is C19H22O2. The molecule has 0 amide bonds. The van der Waals surface area contributed by atoms with Crippen LogP contribution in [0.1, 0.15) is 43.5 Å². The van der Waals surface area contributed by atoms with E-state index in [0.717, 1.165) is 35.3 Å². The lowest BCUT2D eigenvalue weighted by Gasteiger charge is -2.13. The number of carbonyl (C=O) groups is 1. The van der Waals surface area contributed by atoms with Crippen molar-refractivity contribution in [2.24, 2.45) is 0 Å². The molecule has 0 radical (unpaired) electrons. The molecule has 0 N–H and O–H groups in total. The molecular weight excluding hydrogens is 260 g/mol. The van der Waals surface area contributed by atoms with Gasteiger partial charge in [0.1, 0.15) is 5.75 Å². The number of ether oxygens (including phenoxy) is 1. The van der Waals surface area contributed by atoms with Crippen LogP contribution in [0.4, 0.5) is 0 Å². The van der Waals surface area contributed by atoms with Crippen LogP contribution in [0.2, 0.25) is 0 Å². The maximum atomic E-state index is 11.9. The fourth-order valence-electron chi connectivity index (χ4n) is 2.20. The van der Waals surface area contributed by atoms with Crippen LogP contribution in [0.3, 0.4) is 0 Å². The summed E-state index contributed by atoms with van der Waals surface area (Å²) in [7, 11) is 0. The molecule has 2 heteroatoms. The van der Waals surface area contributed by atoms with Crippen molar-refractivity contribution < 1.29 is 9.53 Å². The van der Waals surface area contributed by atoms with Crippen molar-refractivity contribution in [3.05, 3.63) is 54.1 Å². The van der Waals surface area contributed by atoms with Gasteiger partial charge in [-0.2, -0.15) is 0 Å². The quantitative estimate of drug-likeness (QED) is 0.520. The molecule has 2 aromatic carbocycles. The van der Waals surface area contributed by atoms with Crippen LogP contribution in [-0.4, -0.2) is 12.4 Å². The highest BCUT2D eigenvalue weighted by molar-refractivity contribution is 5.97. The van der Waals surface area contributed by atoms with Crippen LogP contribution in [0.5, 0.6) is 5.75 Å². The van der Waals surface area contributed by atoms with Crippen LogP contribution in [0, 0.1) is 0 Å². The topological polar surface area (TPSA) is 26.3 Å². The molecule has 0 aromatic heterocycles. The number of hydrogen-bond donors (Lipinski definition) is 0. The summed E-state index contributed by atoms with van der Waals surface area (Å²) in [6.07, 6.45) is 2.62. The number of benzene rings is 2. The first-order valence-electron chi connectivity index (χ1n) is 7.61. The molecule has 0 aliphatic carbocycles. The molecule has 0 atom stereocenters. The minimum Gasteiger partial charge on any atom is -0.493 e. The first kappa shape index (κ1) is 15.3. The van der Waals surface area contributed by atoms with Gasteiger partial charge < -0.3 is 4.74 Å². The van der Waals surface area contributed by atoms with E-state index >= 15 is 0 Å². The Morgan fingerprint density at radius 1 is 1.05 bits per heavy atom. The fraction of sp³-hybridized carbons (Fsp3) is 0.316. The lowest BCUT2D eigenvalue weighted by molar-refractivity contribution is 0.0987. The molecule has 21 heavy (non-hydrogen) atoms. The third-order valence-corrected chi connectivity index (χ3v) is 3.46. The monoisotopic (exact) mass is 282 g/mol. The Kier molecular flexibility index (Phi) is 5.56. The molecule has 2 nitrogen and oxygen atoms in total. The average molecular weight is 282 g/mol. The average Bonchev–Trinajstić information content (AvgIpc) is 2.55. The Bertz CT molecular complexity index is 588. The first-order valence-corrected chi connectivity index (χ1v) is 7.61. The summed E-state index contributed by atoms with van der Waals surface area (Å²) in [5, 5.41) is 0. The van der Waals surface area contributed by atoms with Gasteiger partial charge in [0.25, 0.3) is 0 Å². The van der Waals surface area contributed by atoms with Gasteiger partial charge in [0.2, 0.25) is 0 Å². The Hall–Kier alpha value is -2.09. The molecule has 0 spiro atoms. The van der Waals surface area contributed by atoms with Crippen molar-refractivity contribution >= 4 is 5.78 Å². The molecule has 2 rings (SSSR count). The summed E-state index contributed by atoms with van der Waals surface area (Å²) in [6, 6.07) is 15.9. The molecule has 0 unspecified atom stereocenters. The highest BCUT2D eigenvalue weighted by Gasteiger charge is 2.11. The van der Waals surface area contributed by atoms with Crippen molar-refractivity contribution in [2.45, 2.75) is 33.1 Å². The SMILES string of the molecule is CCCCOc1cc(C(=O)CC)ccc1-c1ccccc1. The molecule has 0 saturated heterocycles. The van der Waals surface area contributed by atoms with Crippen LogP contribution in [0.25, 0.3) is 11.1 Å². The van der Waals surface area contributed by atoms with Crippen molar-refractivity contribution in [1.82, 2.24) is 0 Å². The van der Waals surface area contributed by atoms with Gasteiger partial charge in [-0.25, -0.2) is 0 Å². The summed E-state index contributed by atoms with van der Waals surface area (Å²) in [5.41, 5.74) is 2.88. The highest BCUT2D eigenvalue weighted by atomic mass is 16.5. The molecule has 110 valence electrons. The maximum Gasteiger partial charge on any atom is 0.162 e. The smallest absolute Gasteiger partial charge is 0.162 e. The van der Waals surface area contributed by atoms with Crippen LogP contribution < -0.4 is 4.74 Å². The Morgan fingerprint density at radius 2 is 1.81 bits per heavy atom. The van der Waals surface area contributed by atoms with E-state index in [1.54, 1.807) is 0 Å². The van der Waals surface area contributed by atoms with Crippen LogP contribution >= 0.6 is 0 Å². The van der Waals surface area contributed by atoms with Gasteiger partial charge in [0.05, 0.1) is 6.61 Å². The van der Waals surface area contributed by atoms with Gasteiger partial charge in [0.15, 0.2) is 5.78 Å². The number of rotatable bonds is 7. The largest absolute Gasteiger partial charge is 0.493 e. The first-order chi connectivity index (χ1) is 10.3. The minimum absolute atomic E-state index is 0.148. The second-order valence-electron chi connectivity index (χ2n) is 5.06. The number of unbranched alkanes of at least 4 members (excludes halogenated alkanes) is 1. The summed E-state index contributed by atoms with van der Waals surface area (Å²) < 4.78 is 5.92. The molecule has 0 fully saturated rings. The van der Waals surface area contributed by atoms with Crippen LogP contribution in [0.15, 0.2) is 48.5 Å². The summed E-state index contributed by atoms with van der Waals surface area (Å²) >= 11 is 0. The molecule has 2 aromatic rings. The third kappa shape index (κ3) is 3.94. The fourth-order valence-corrected chi connectivity index (χ4v) is 2.20. The zero-order chi connectivity index (χ0) is 15.1.